The number of carbonyl (C=O) groups is 1. The molecule has 16 heavy (non-hydrogen) atoms. The van der Waals surface area contributed by atoms with E-state index in [0.717, 1.165) is 19.3 Å². The first kappa shape index (κ1) is 11.3. The molecular formula is C10H13ClN4O. The zero-order valence-electron chi connectivity index (χ0n) is 8.69. The highest BCUT2D eigenvalue weighted by atomic mass is 35.5. The number of carbonyl (C=O) groups excluding carboxylic acids is 1. The molecule has 0 aromatic carbocycles. The van der Waals surface area contributed by atoms with E-state index in [1.54, 1.807) is 6.07 Å². The maximum absolute atomic E-state index is 11.8. The number of aromatic nitrogens is 2. The molecule has 0 spiro atoms. The first-order valence-electron chi connectivity index (χ1n) is 5.20. The largest absolute Gasteiger partial charge is 0.328 e. The molecule has 6 heteroatoms. The van der Waals surface area contributed by atoms with Crippen LogP contribution in [0.4, 0.5) is 5.82 Å². The summed E-state index contributed by atoms with van der Waals surface area (Å²) in [6.45, 7) is 0. The highest BCUT2D eigenvalue weighted by Crippen LogP contribution is 2.25. The Bertz CT molecular complexity index is 398. The van der Waals surface area contributed by atoms with E-state index in [1.165, 1.54) is 6.20 Å². The molecule has 2 atom stereocenters. The molecule has 5 nitrogen and oxygen atoms in total. The Hall–Kier alpha value is -1.20. The van der Waals surface area contributed by atoms with Gasteiger partial charge in [0.1, 0.15) is 5.82 Å². The molecule has 0 radical (unpaired) electrons. The van der Waals surface area contributed by atoms with Crippen LogP contribution in [-0.2, 0) is 4.79 Å². The lowest BCUT2D eigenvalue weighted by Crippen LogP contribution is -2.23. The third-order valence-electron chi connectivity index (χ3n) is 2.72. The molecule has 3 N–H and O–H groups in total. The van der Waals surface area contributed by atoms with Crippen molar-refractivity contribution >= 4 is 23.3 Å². The fraction of sp³-hybridized carbons (Fsp3) is 0.500. The predicted octanol–water partition coefficient (Wildman–Crippen LogP) is 1.20. The fourth-order valence-electron chi connectivity index (χ4n) is 1.89. The third-order valence-corrected chi connectivity index (χ3v) is 2.90. The summed E-state index contributed by atoms with van der Waals surface area (Å²) in [5, 5.41) is 2.84. The molecule has 1 aromatic rings. The first-order chi connectivity index (χ1) is 7.65. The summed E-state index contributed by atoms with van der Waals surface area (Å²) in [6.07, 6.45) is 3.99. The zero-order chi connectivity index (χ0) is 11.5. The number of hydrogen-bond acceptors (Lipinski definition) is 4. The van der Waals surface area contributed by atoms with Crippen LogP contribution in [0.5, 0.6) is 0 Å². The Balaban J connectivity index is 1.97. The summed E-state index contributed by atoms with van der Waals surface area (Å²) < 4.78 is 0. The van der Waals surface area contributed by atoms with E-state index in [4.69, 9.17) is 17.3 Å². The van der Waals surface area contributed by atoms with Gasteiger partial charge in [0.25, 0.3) is 0 Å². The van der Waals surface area contributed by atoms with E-state index in [1.807, 2.05) is 0 Å². The number of rotatable bonds is 2. The van der Waals surface area contributed by atoms with Gasteiger partial charge in [-0.15, -0.1) is 0 Å². The average Bonchev–Trinajstić information content (AvgIpc) is 2.65. The molecule has 0 saturated heterocycles. The van der Waals surface area contributed by atoms with E-state index in [-0.39, 0.29) is 23.2 Å². The number of amides is 1. The van der Waals surface area contributed by atoms with Gasteiger partial charge < -0.3 is 11.1 Å². The van der Waals surface area contributed by atoms with Gasteiger partial charge in [0.05, 0.1) is 0 Å². The minimum absolute atomic E-state index is 0.0104. The number of hydrogen-bond donors (Lipinski definition) is 2. The Morgan fingerprint density at radius 2 is 2.38 bits per heavy atom. The lowest BCUT2D eigenvalue weighted by Gasteiger charge is -2.09. The minimum atomic E-state index is -0.0392. The van der Waals surface area contributed by atoms with E-state index in [9.17, 15) is 4.79 Å². The quantitative estimate of drug-likeness (QED) is 0.761. The van der Waals surface area contributed by atoms with Crippen LogP contribution in [0.3, 0.4) is 0 Å². The van der Waals surface area contributed by atoms with Crippen LogP contribution >= 0.6 is 11.6 Å². The Morgan fingerprint density at radius 1 is 1.56 bits per heavy atom. The highest BCUT2D eigenvalue weighted by Gasteiger charge is 2.27. The molecule has 0 bridgehead atoms. The van der Waals surface area contributed by atoms with Crippen LogP contribution in [-0.4, -0.2) is 21.9 Å². The average molecular weight is 241 g/mol. The fourth-order valence-corrected chi connectivity index (χ4v) is 2.03. The van der Waals surface area contributed by atoms with Crippen molar-refractivity contribution in [2.24, 2.45) is 11.7 Å². The van der Waals surface area contributed by atoms with Crippen molar-refractivity contribution in [1.82, 2.24) is 9.97 Å². The topological polar surface area (TPSA) is 80.9 Å². The van der Waals surface area contributed by atoms with Gasteiger partial charge in [0.2, 0.25) is 11.2 Å². The van der Waals surface area contributed by atoms with Crippen LogP contribution in [0.25, 0.3) is 0 Å². The Kier molecular flexibility index (Phi) is 3.36. The van der Waals surface area contributed by atoms with Crippen LogP contribution in [0, 0.1) is 5.92 Å². The van der Waals surface area contributed by atoms with Crippen molar-refractivity contribution in [3.63, 3.8) is 0 Å². The van der Waals surface area contributed by atoms with Gasteiger partial charge in [-0.05, 0) is 36.9 Å². The summed E-state index contributed by atoms with van der Waals surface area (Å²) in [6, 6.07) is 1.75. The Morgan fingerprint density at radius 3 is 3.00 bits per heavy atom. The summed E-state index contributed by atoms with van der Waals surface area (Å²) in [5.74, 6) is 0.386. The number of anilines is 1. The normalized spacial score (nSPS) is 24.4. The molecule has 1 heterocycles. The summed E-state index contributed by atoms with van der Waals surface area (Å²) in [7, 11) is 0. The monoisotopic (exact) mass is 240 g/mol. The van der Waals surface area contributed by atoms with Gasteiger partial charge in [0, 0.05) is 18.2 Å². The minimum Gasteiger partial charge on any atom is -0.328 e. The van der Waals surface area contributed by atoms with E-state index < -0.39 is 0 Å². The van der Waals surface area contributed by atoms with Crippen molar-refractivity contribution in [3.8, 4) is 0 Å². The standard InChI is InChI=1S/C10H13ClN4O/c11-10-13-4-3-8(15-10)14-9(16)6-1-2-7(12)5-6/h3-4,6-7H,1-2,5,12H2,(H,13,14,15,16). The zero-order valence-corrected chi connectivity index (χ0v) is 9.44. The van der Waals surface area contributed by atoms with Crippen molar-refractivity contribution in [3.05, 3.63) is 17.5 Å². The highest BCUT2D eigenvalue weighted by molar-refractivity contribution is 6.28. The van der Waals surface area contributed by atoms with Crippen LogP contribution in [0.15, 0.2) is 12.3 Å². The van der Waals surface area contributed by atoms with Gasteiger partial charge >= 0.3 is 0 Å². The van der Waals surface area contributed by atoms with E-state index in [2.05, 4.69) is 15.3 Å². The van der Waals surface area contributed by atoms with Crippen molar-refractivity contribution in [1.29, 1.82) is 0 Å². The van der Waals surface area contributed by atoms with Gasteiger partial charge in [-0.2, -0.15) is 0 Å². The molecule has 1 amide bonds. The second kappa shape index (κ2) is 4.76. The molecule has 1 aromatic heterocycles. The summed E-state index contributed by atoms with van der Waals surface area (Å²) in [4.78, 5) is 19.4. The number of nitrogens with one attached hydrogen (secondary N) is 1. The van der Waals surface area contributed by atoms with Crippen molar-refractivity contribution < 1.29 is 4.79 Å². The number of nitrogens with zero attached hydrogens (tertiary/aromatic N) is 2. The van der Waals surface area contributed by atoms with E-state index >= 15 is 0 Å². The third kappa shape index (κ3) is 2.68. The van der Waals surface area contributed by atoms with Crippen LogP contribution < -0.4 is 11.1 Å². The van der Waals surface area contributed by atoms with Gasteiger partial charge in [-0.25, -0.2) is 9.97 Å². The van der Waals surface area contributed by atoms with Gasteiger partial charge in [-0.3, -0.25) is 4.79 Å². The SMILES string of the molecule is NC1CCC(C(=O)Nc2ccnc(Cl)n2)C1. The first-order valence-corrected chi connectivity index (χ1v) is 5.58. The van der Waals surface area contributed by atoms with Crippen LogP contribution in [0.1, 0.15) is 19.3 Å². The van der Waals surface area contributed by atoms with Crippen molar-refractivity contribution in [2.45, 2.75) is 25.3 Å². The second-order valence-electron chi connectivity index (χ2n) is 3.97. The number of nitrogens with two attached hydrogens (primary N) is 1. The Labute approximate surface area is 98.4 Å². The lowest BCUT2D eigenvalue weighted by atomic mass is 10.1. The maximum atomic E-state index is 11.8. The maximum Gasteiger partial charge on any atom is 0.228 e. The molecule has 1 fully saturated rings. The predicted molar refractivity (Wildman–Crippen MR) is 61.0 cm³/mol. The molecule has 2 unspecified atom stereocenters. The molecule has 1 aliphatic rings. The summed E-state index contributed by atoms with van der Waals surface area (Å²) >= 11 is 5.62. The molecular weight excluding hydrogens is 228 g/mol. The molecule has 86 valence electrons. The molecule has 2 rings (SSSR count). The van der Waals surface area contributed by atoms with Gasteiger partial charge in [0.15, 0.2) is 0 Å². The smallest absolute Gasteiger partial charge is 0.228 e. The van der Waals surface area contributed by atoms with Gasteiger partial charge in [-0.1, -0.05) is 0 Å². The van der Waals surface area contributed by atoms with E-state index in [0.29, 0.717) is 5.82 Å². The lowest BCUT2D eigenvalue weighted by molar-refractivity contribution is -0.119. The number of halogens is 1. The second-order valence-corrected chi connectivity index (χ2v) is 4.31. The molecule has 1 saturated carbocycles. The van der Waals surface area contributed by atoms with Crippen LogP contribution in [0.2, 0.25) is 5.28 Å². The molecule has 1 aliphatic carbocycles. The summed E-state index contributed by atoms with van der Waals surface area (Å²) in [5.41, 5.74) is 5.75. The molecule has 0 aliphatic heterocycles. The van der Waals surface area contributed by atoms with Crippen molar-refractivity contribution in [2.75, 3.05) is 5.32 Å².